The number of hydrogen-bond donors (Lipinski definition) is 0. The van der Waals surface area contributed by atoms with Crippen LogP contribution in [-0.2, 0) is 11.2 Å². The van der Waals surface area contributed by atoms with Gasteiger partial charge in [-0.1, -0.05) is 24.3 Å². The van der Waals surface area contributed by atoms with Gasteiger partial charge in [0.25, 0.3) is 0 Å². The summed E-state index contributed by atoms with van der Waals surface area (Å²) in [7, 11) is 4.36. The Morgan fingerprint density at radius 2 is 2.00 bits per heavy atom. The molecule has 0 N–H and O–H groups in total. The van der Waals surface area contributed by atoms with Crippen LogP contribution in [0.4, 0.5) is 0 Å². The average molecular weight is 217 g/mol. The van der Waals surface area contributed by atoms with Gasteiger partial charge in [-0.25, -0.2) is 0 Å². The van der Waals surface area contributed by atoms with Crippen molar-refractivity contribution >= 4 is 0 Å². The molecule has 1 fully saturated rings. The molecular formula is C14H19NO. The van der Waals surface area contributed by atoms with Gasteiger partial charge < -0.3 is 9.64 Å². The minimum Gasteiger partial charge on any atom is -0.370 e. The molecule has 16 heavy (non-hydrogen) atoms. The zero-order chi connectivity index (χ0) is 11.1. The summed E-state index contributed by atoms with van der Waals surface area (Å²) in [4.78, 5) is 2.34. The van der Waals surface area contributed by atoms with Crippen LogP contribution in [0.15, 0.2) is 24.3 Å². The molecule has 0 saturated carbocycles. The van der Waals surface area contributed by atoms with Gasteiger partial charge in [0.1, 0.15) is 0 Å². The fraction of sp³-hybridized carbons (Fsp3) is 0.571. The highest BCUT2D eigenvalue weighted by Crippen LogP contribution is 2.40. The van der Waals surface area contributed by atoms with E-state index in [1.165, 1.54) is 17.5 Å². The van der Waals surface area contributed by atoms with E-state index in [-0.39, 0.29) is 0 Å². The fourth-order valence-electron chi connectivity index (χ4n) is 3.02. The molecule has 1 saturated heterocycles. The van der Waals surface area contributed by atoms with Crippen molar-refractivity contribution < 1.29 is 4.74 Å². The molecule has 3 atom stereocenters. The largest absolute Gasteiger partial charge is 0.370 e. The predicted octanol–water partition coefficient (Wildman–Crippen LogP) is 2.39. The summed E-state index contributed by atoms with van der Waals surface area (Å²) < 4.78 is 6.10. The summed E-state index contributed by atoms with van der Waals surface area (Å²) in [5.74, 6) is 0. The van der Waals surface area contributed by atoms with Crippen LogP contribution in [0.1, 0.15) is 30.1 Å². The van der Waals surface area contributed by atoms with Gasteiger partial charge in [0.05, 0.1) is 12.2 Å². The van der Waals surface area contributed by atoms with Crippen LogP contribution in [-0.4, -0.2) is 31.1 Å². The second-order valence-corrected chi connectivity index (χ2v) is 5.24. The second kappa shape index (κ2) is 3.86. The van der Waals surface area contributed by atoms with Crippen LogP contribution in [0.5, 0.6) is 0 Å². The number of nitrogens with zero attached hydrogens (tertiary/aromatic N) is 1. The van der Waals surface area contributed by atoms with Crippen molar-refractivity contribution in [3.63, 3.8) is 0 Å². The van der Waals surface area contributed by atoms with Gasteiger partial charge in [0.15, 0.2) is 0 Å². The minimum absolute atomic E-state index is 0.330. The smallest absolute Gasteiger partial charge is 0.0846 e. The molecule has 0 spiro atoms. The van der Waals surface area contributed by atoms with Crippen molar-refractivity contribution in [1.29, 1.82) is 0 Å². The Labute approximate surface area is 97.2 Å². The molecule has 2 aliphatic rings. The first-order valence-electron chi connectivity index (χ1n) is 6.13. The molecular weight excluding hydrogens is 198 g/mol. The monoisotopic (exact) mass is 217 g/mol. The van der Waals surface area contributed by atoms with Crippen molar-refractivity contribution in [3.8, 4) is 0 Å². The Balaban J connectivity index is 1.91. The maximum absolute atomic E-state index is 6.10. The van der Waals surface area contributed by atoms with Crippen LogP contribution >= 0.6 is 0 Å². The van der Waals surface area contributed by atoms with E-state index in [1.54, 1.807) is 0 Å². The molecule has 0 unspecified atom stereocenters. The minimum atomic E-state index is 0.330. The maximum atomic E-state index is 6.10. The Bertz CT molecular complexity index is 388. The molecule has 0 aromatic heterocycles. The van der Waals surface area contributed by atoms with Crippen molar-refractivity contribution in [2.24, 2.45) is 0 Å². The number of benzene rings is 1. The molecule has 2 aliphatic heterocycles. The first-order valence-corrected chi connectivity index (χ1v) is 6.13. The lowest BCUT2D eigenvalue weighted by atomic mass is 9.83. The molecule has 1 aromatic carbocycles. The van der Waals surface area contributed by atoms with Gasteiger partial charge >= 0.3 is 0 Å². The molecule has 0 radical (unpaired) electrons. The first-order chi connectivity index (χ1) is 7.74. The van der Waals surface area contributed by atoms with Gasteiger partial charge in [0.2, 0.25) is 0 Å². The summed E-state index contributed by atoms with van der Waals surface area (Å²) in [5.41, 5.74) is 2.92. The summed E-state index contributed by atoms with van der Waals surface area (Å²) in [5, 5.41) is 0. The van der Waals surface area contributed by atoms with Gasteiger partial charge in [-0.15, -0.1) is 0 Å². The van der Waals surface area contributed by atoms with E-state index in [1.807, 2.05) is 0 Å². The Kier molecular flexibility index (Phi) is 2.49. The summed E-state index contributed by atoms with van der Waals surface area (Å²) in [6.45, 7) is 0. The summed E-state index contributed by atoms with van der Waals surface area (Å²) in [6, 6.07) is 9.44. The first kappa shape index (κ1) is 10.3. The van der Waals surface area contributed by atoms with Crippen molar-refractivity contribution in [2.75, 3.05) is 14.1 Å². The molecule has 3 rings (SSSR count). The van der Waals surface area contributed by atoms with Gasteiger partial charge in [0, 0.05) is 6.04 Å². The van der Waals surface area contributed by atoms with E-state index in [4.69, 9.17) is 4.74 Å². The third kappa shape index (κ3) is 1.66. The van der Waals surface area contributed by atoms with E-state index in [0.29, 0.717) is 18.2 Å². The van der Waals surface area contributed by atoms with Crippen LogP contribution < -0.4 is 0 Å². The molecule has 2 heteroatoms. The zero-order valence-electron chi connectivity index (χ0n) is 10.0. The quantitative estimate of drug-likeness (QED) is 0.716. The number of rotatable bonds is 1. The number of ether oxygens (including phenoxy) is 1. The zero-order valence-corrected chi connectivity index (χ0v) is 10.0. The van der Waals surface area contributed by atoms with Gasteiger partial charge in [-0.3, -0.25) is 0 Å². The summed E-state index contributed by atoms with van der Waals surface area (Å²) in [6.07, 6.45) is 4.17. The van der Waals surface area contributed by atoms with E-state index in [9.17, 15) is 0 Å². The third-order valence-electron chi connectivity index (χ3n) is 3.96. The van der Waals surface area contributed by atoms with Gasteiger partial charge in [-0.05, 0) is 44.5 Å². The number of fused-ring (bicyclic) bond motifs is 4. The lowest BCUT2D eigenvalue weighted by molar-refractivity contribution is -0.0871. The van der Waals surface area contributed by atoms with E-state index in [2.05, 4.69) is 43.3 Å². The predicted molar refractivity (Wildman–Crippen MR) is 64.5 cm³/mol. The third-order valence-corrected chi connectivity index (χ3v) is 3.96. The molecule has 86 valence electrons. The second-order valence-electron chi connectivity index (χ2n) is 5.24. The molecule has 0 aliphatic carbocycles. The average Bonchev–Trinajstić information content (AvgIpc) is 2.28. The van der Waals surface area contributed by atoms with Crippen molar-refractivity contribution in [3.05, 3.63) is 35.4 Å². The van der Waals surface area contributed by atoms with Crippen LogP contribution in [0.3, 0.4) is 0 Å². The Hall–Kier alpha value is -0.860. The lowest BCUT2D eigenvalue weighted by Gasteiger charge is -2.42. The Morgan fingerprint density at radius 1 is 1.19 bits per heavy atom. The molecule has 2 bridgehead atoms. The highest BCUT2D eigenvalue weighted by molar-refractivity contribution is 5.32. The van der Waals surface area contributed by atoms with Gasteiger partial charge in [-0.2, -0.15) is 0 Å². The molecule has 2 heterocycles. The van der Waals surface area contributed by atoms with E-state index < -0.39 is 0 Å². The highest BCUT2D eigenvalue weighted by Gasteiger charge is 2.36. The molecule has 0 amide bonds. The summed E-state index contributed by atoms with van der Waals surface area (Å²) >= 11 is 0. The van der Waals surface area contributed by atoms with Crippen LogP contribution in [0.2, 0.25) is 0 Å². The van der Waals surface area contributed by atoms with E-state index >= 15 is 0 Å². The number of hydrogen-bond acceptors (Lipinski definition) is 2. The molecule has 2 nitrogen and oxygen atoms in total. The van der Waals surface area contributed by atoms with Crippen molar-refractivity contribution in [2.45, 2.75) is 37.5 Å². The fourth-order valence-corrected chi connectivity index (χ4v) is 3.02. The van der Waals surface area contributed by atoms with Crippen LogP contribution in [0.25, 0.3) is 0 Å². The highest BCUT2D eigenvalue weighted by atomic mass is 16.5. The lowest BCUT2D eigenvalue weighted by Crippen LogP contribution is -2.42. The van der Waals surface area contributed by atoms with Crippen LogP contribution in [0, 0.1) is 0 Å². The standard InChI is InChI=1S/C14H19NO/c1-15(2)11-8-12-7-10-5-3-4-6-13(10)14(9-11)16-12/h3-6,11-12,14H,7-9H2,1-2H3/t11-,12-,14-/m0/s1. The normalized spacial score (nSPS) is 32.6. The maximum Gasteiger partial charge on any atom is 0.0846 e. The topological polar surface area (TPSA) is 12.5 Å². The van der Waals surface area contributed by atoms with Crippen molar-refractivity contribution in [1.82, 2.24) is 4.90 Å². The molecule has 1 aromatic rings. The SMILES string of the molecule is CN(C)[C@H]1C[C@@H]2Cc3ccccc3[C@H](C1)O2. The Morgan fingerprint density at radius 3 is 2.81 bits per heavy atom. The van der Waals surface area contributed by atoms with E-state index in [0.717, 1.165) is 12.8 Å².